The number of hydrogen-bond donors (Lipinski definition) is 0. The Morgan fingerprint density at radius 2 is 0.632 bits per heavy atom. The second-order valence-electron chi connectivity index (χ2n) is 18.9. The first kappa shape index (κ1) is 64.6. The first-order valence-electron chi connectivity index (χ1n) is 28.6. The highest BCUT2D eigenvalue weighted by Gasteiger charge is 2.19. The molecular weight excluding hydrogens is 841 g/mol. The standard InChI is InChI=1S/C62H106O6/c1-4-7-10-13-16-19-22-25-27-29-31-33-34-37-40-43-46-49-52-55-61(64)67-58-59(57-66-60(63)54-51-48-45-42-39-36-24-21-18-15-12-9-6-3)68-62(65)56-53-50-47-44-41-38-35-32-30-28-26-23-20-17-14-11-8-5-2/h7,10,16,19,23,25-28,30,32,35-36,39,59H,4-6,8-9,11-15,17-18,20-22,24,29,31,33-34,37-38,40-58H2,1-3H3/b10-7-,19-16-,26-23-,27-25-,30-28-,35-32-,39-36-. The van der Waals surface area contributed by atoms with Crippen LogP contribution in [0, 0.1) is 0 Å². The van der Waals surface area contributed by atoms with E-state index in [1.54, 1.807) is 0 Å². The Hall–Kier alpha value is -3.41. The predicted octanol–water partition coefficient (Wildman–Crippen LogP) is 19.2. The molecule has 0 amide bonds. The van der Waals surface area contributed by atoms with Gasteiger partial charge in [-0.15, -0.1) is 0 Å². The molecule has 0 aliphatic rings. The molecule has 0 bridgehead atoms. The number of hydrogen-bond acceptors (Lipinski definition) is 6. The van der Waals surface area contributed by atoms with Gasteiger partial charge in [0, 0.05) is 19.3 Å². The number of unbranched alkanes of at least 4 members (excludes halogenated alkanes) is 28. The van der Waals surface area contributed by atoms with E-state index < -0.39 is 6.10 Å². The van der Waals surface area contributed by atoms with Gasteiger partial charge in [0.1, 0.15) is 13.2 Å². The molecular formula is C62H106O6. The minimum atomic E-state index is -0.796. The molecule has 0 saturated heterocycles. The molecule has 0 aromatic carbocycles. The van der Waals surface area contributed by atoms with Crippen LogP contribution in [0.5, 0.6) is 0 Å². The van der Waals surface area contributed by atoms with Crippen molar-refractivity contribution >= 4 is 17.9 Å². The van der Waals surface area contributed by atoms with E-state index in [9.17, 15) is 14.4 Å². The second kappa shape index (κ2) is 56.2. The Labute approximate surface area is 420 Å². The van der Waals surface area contributed by atoms with Crippen LogP contribution in [0.2, 0.25) is 0 Å². The van der Waals surface area contributed by atoms with Crippen molar-refractivity contribution in [3.63, 3.8) is 0 Å². The fourth-order valence-electron chi connectivity index (χ4n) is 7.86. The van der Waals surface area contributed by atoms with Crippen LogP contribution >= 0.6 is 0 Å². The molecule has 6 heteroatoms. The molecule has 0 radical (unpaired) electrons. The van der Waals surface area contributed by atoms with Crippen molar-refractivity contribution in [2.75, 3.05) is 13.2 Å². The monoisotopic (exact) mass is 947 g/mol. The van der Waals surface area contributed by atoms with Gasteiger partial charge in [0.2, 0.25) is 0 Å². The average Bonchev–Trinajstić information content (AvgIpc) is 3.34. The quantitative estimate of drug-likeness (QED) is 0.0199. The number of ether oxygens (including phenoxy) is 3. The first-order chi connectivity index (χ1) is 33.5. The second-order valence-corrected chi connectivity index (χ2v) is 18.9. The van der Waals surface area contributed by atoms with E-state index in [0.29, 0.717) is 19.3 Å². The molecule has 0 spiro atoms. The number of carbonyl (C=O) groups excluding carboxylic acids is 3. The molecule has 0 aliphatic carbocycles. The van der Waals surface area contributed by atoms with Gasteiger partial charge in [0.15, 0.2) is 6.10 Å². The lowest BCUT2D eigenvalue weighted by molar-refractivity contribution is -0.167. The van der Waals surface area contributed by atoms with Crippen LogP contribution in [0.1, 0.15) is 271 Å². The van der Waals surface area contributed by atoms with Gasteiger partial charge in [-0.25, -0.2) is 0 Å². The Bertz CT molecular complexity index is 1320. The third-order valence-corrected chi connectivity index (χ3v) is 12.2. The molecule has 6 nitrogen and oxygen atoms in total. The average molecular weight is 948 g/mol. The van der Waals surface area contributed by atoms with E-state index in [1.165, 1.54) is 116 Å². The molecule has 0 fully saturated rings. The maximum absolute atomic E-state index is 12.8. The van der Waals surface area contributed by atoms with Gasteiger partial charge in [0.05, 0.1) is 0 Å². The lowest BCUT2D eigenvalue weighted by atomic mass is 10.1. The summed E-state index contributed by atoms with van der Waals surface area (Å²) >= 11 is 0. The zero-order valence-electron chi connectivity index (χ0n) is 44.6. The van der Waals surface area contributed by atoms with Crippen LogP contribution < -0.4 is 0 Å². The van der Waals surface area contributed by atoms with Crippen molar-refractivity contribution in [1.82, 2.24) is 0 Å². The first-order valence-corrected chi connectivity index (χ1v) is 28.6. The van der Waals surface area contributed by atoms with Crippen LogP contribution in [0.3, 0.4) is 0 Å². The highest BCUT2D eigenvalue weighted by Crippen LogP contribution is 2.15. The molecule has 0 aromatic heterocycles. The Morgan fingerprint density at radius 1 is 0.324 bits per heavy atom. The molecule has 1 unspecified atom stereocenters. The van der Waals surface area contributed by atoms with Crippen molar-refractivity contribution in [1.29, 1.82) is 0 Å². The third kappa shape index (κ3) is 53.5. The van der Waals surface area contributed by atoms with Gasteiger partial charge >= 0.3 is 17.9 Å². The van der Waals surface area contributed by atoms with Crippen LogP contribution in [0.15, 0.2) is 85.1 Å². The normalized spacial score (nSPS) is 12.7. The van der Waals surface area contributed by atoms with E-state index in [2.05, 4.69) is 106 Å². The minimum Gasteiger partial charge on any atom is -0.462 e. The van der Waals surface area contributed by atoms with Gasteiger partial charge in [-0.1, -0.05) is 234 Å². The van der Waals surface area contributed by atoms with E-state index in [0.717, 1.165) is 116 Å². The maximum Gasteiger partial charge on any atom is 0.306 e. The van der Waals surface area contributed by atoms with Crippen molar-refractivity contribution < 1.29 is 28.6 Å². The van der Waals surface area contributed by atoms with Gasteiger partial charge < -0.3 is 14.2 Å². The summed E-state index contributed by atoms with van der Waals surface area (Å²) in [5.74, 6) is -0.929. The predicted molar refractivity (Wildman–Crippen MR) is 293 cm³/mol. The summed E-state index contributed by atoms with van der Waals surface area (Å²) in [7, 11) is 0. The number of rotatable bonds is 51. The van der Waals surface area contributed by atoms with Gasteiger partial charge in [0.25, 0.3) is 0 Å². The molecule has 0 saturated carbocycles. The Balaban J connectivity index is 4.43. The largest absolute Gasteiger partial charge is 0.462 e. The molecule has 0 rings (SSSR count). The van der Waals surface area contributed by atoms with Crippen molar-refractivity contribution in [3.8, 4) is 0 Å². The number of allylic oxidation sites excluding steroid dienone is 14. The SMILES string of the molecule is CC/C=C\C/C=C\C/C=C\CCCCCCCCCCCC(=O)OCC(COC(=O)CCCCC/C=C\CCCCCCCC)OC(=O)CCCCCCC\C=C/C=C\C=C/CCCCCCC. The summed E-state index contributed by atoms with van der Waals surface area (Å²) in [4.78, 5) is 38.1. The van der Waals surface area contributed by atoms with Crippen LogP contribution in [-0.4, -0.2) is 37.2 Å². The van der Waals surface area contributed by atoms with Crippen LogP contribution in [0.25, 0.3) is 0 Å². The van der Waals surface area contributed by atoms with E-state index in [-0.39, 0.29) is 31.1 Å². The molecule has 390 valence electrons. The minimum absolute atomic E-state index is 0.0924. The lowest BCUT2D eigenvalue weighted by Gasteiger charge is -2.18. The fourth-order valence-corrected chi connectivity index (χ4v) is 7.86. The fraction of sp³-hybridized carbons (Fsp3) is 0.726. The highest BCUT2D eigenvalue weighted by atomic mass is 16.6. The van der Waals surface area contributed by atoms with Crippen molar-refractivity contribution in [3.05, 3.63) is 85.1 Å². The van der Waals surface area contributed by atoms with Gasteiger partial charge in [-0.05, 0) is 103 Å². The summed E-state index contributed by atoms with van der Waals surface area (Å²) in [5, 5.41) is 0. The zero-order chi connectivity index (χ0) is 49.3. The smallest absolute Gasteiger partial charge is 0.306 e. The summed E-state index contributed by atoms with van der Waals surface area (Å²) in [6, 6.07) is 0. The lowest BCUT2D eigenvalue weighted by Crippen LogP contribution is -2.30. The van der Waals surface area contributed by atoms with E-state index >= 15 is 0 Å². The molecule has 0 aliphatic heterocycles. The number of esters is 3. The summed E-state index contributed by atoms with van der Waals surface area (Å²) < 4.78 is 16.8. The maximum atomic E-state index is 12.8. The highest BCUT2D eigenvalue weighted by molar-refractivity contribution is 5.71. The van der Waals surface area contributed by atoms with E-state index in [4.69, 9.17) is 14.2 Å². The Morgan fingerprint density at radius 3 is 1.04 bits per heavy atom. The summed E-state index contributed by atoms with van der Waals surface area (Å²) in [6.07, 6.45) is 72.8. The Kier molecular flexibility index (Phi) is 53.4. The zero-order valence-corrected chi connectivity index (χ0v) is 44.6. The summed E-state index contributed by atoms with van der Waals surface area (Å²) in [5.41, 5.74) is 0. The van der Waals surface area contributed by atoms with Crippen molar-refractivity contribution in [2.24, 2.45) is 0 Å². The summed E-state index contributed by atoms with van der Waals surface area (Å²) in [6.45, 7) is 6.48. The van der Waals surface area contributed by atoms with Crippen LogP contribution in [-0.2, 0) is 28.6 Å². The van der Waals surface area contributed by atoms with Gasteiger partial charge in [-0.3, -0.25) is 14.4 Å². The van der Waals surface area contributed by atoms with E-state index in [1.807, 2.05) is 0 Å². The topological polar surface area (TPSA) is 78.9 Å². The molecule has 0 N–H and O–H groups in total. The molecule has 68 heavy (non-hydrogen) atoms. The van der Waals surface area contributed by atoms with Gasteiger partial charge in [-0.2, -0.15) is 0 Å². The van der Waals surface area contributed by atoms with Crippen molar-refractivity contribution in [2.45, 2.75) is 277 Å². The molecule has 0 aromatic rings. The molecule has 1 atom stereocenters. The molecule has 0 heterocycles. The van der Waals surface area contributed by atoms with Crippen LogP contribution in [0.4, 0.5) is 0 Å². The third-order valence-electron chi connectivity index (χ3n) is 12.2. The number of carbonyl (C=O) groups is 3.